The molecule has 0 radical (unpaired) electrons. The summed E-state index contributed by atoms with van der Waals surface area (Å²) >= 11 is 0. The second-order valence-corrected chi connectivity index (χ2v) is 8.61. The third kappa shape index (κ3) is 6.04. The van der Waals surface area contributed by atoms with E-state index in [1.807, 2.05) is 6.92 Å². The molecule has 1 fully saturated rings. The van der Waals surface area contributed by atoms with Crippen molar-refractivity contribution in [2.24, 2.45) is 0 Å². The van der Waals surface area contributed by atoms with Crippen LogP contribution in [0, 0.1) is 5.82 Å². The molecule has 1 saturated carbocycles. The van der Waals surface area contributed by atoms with Crippen molar-refractivity contribution in [1.29, 1.82) is 0 Å². The predicted molar refractivity (Wildman–Crippen MR) is 133 cm³/mol. The van der Waals surface area contributed by atoms with Gasteiger partial charge in [-0.25, -0.2) is 4.39 Å². The van der Waals surface area contributed by atoms with Gasteiger partial charge in [0.2, 0.25) is 5.91 Å². The molecular weight excluding hydrogens is 445 g/mol. The minimum atomic E-state index is -1.01. The second kappa shape index (κ2) is 11.6. The Hall–Kier alpha value is -3.74. The number of pyridine rings is 1. The van der Waals surface area contributed by atoms with Crippen LogP contribution in [0.2, 0.25) is 0 Å². The van der Waals surface area contributed by atoms with Crippen LogP contribution >= 0.6 is 0 Å². The van der Waals surface area contributed by atoms with Gasteiger partial charge in [-0.2, -0.15) is 0 Å². The maximum atomic E-state index is 13.8. The molecule has 0 saturated heterocycles. The molecule has 1 aliphatic carbocycles. The standard InChI is InChI=1S/C28H30FN3O3/c1-2-35-24-17-15-23(16-18-24)32(28(34)25-10-6-7-19-30-25)26(20-11-13-21(29)14-12-20)27(33)31-22-8-4-3-5-9-22/h6-7,10-19,22,26H,2-5,8-9H2,1H3,(H,31,33)/t26-/m0/s1. The number of carbonyl (C=O) groups is 2. The van der Waals surface area contributed by atoms with E-state index in [4.69, 9.17) is 4.74 Å². The van der Waals surface area contributed by atoms with Crippen molar-refractivity contribution < 1.29 is 18.7 Å². The van der Waals surface area contributed by atoms with Crippen LogP contribution in [0.15, 0.2) is 72.9 Å². The fourth-order valence-electron chi connectivity index (χ4n) is 4.46. The van der Waals surface area contributed by atoms with Crippen LogP contribution in [0.25, 0.3) is 0 Å². The van der Waals surface area contributed by atoms with E-state index in [9.17, 15) is 14.0 Å². The average Bonchev–Trinajstić information content (AvgIpc) is 2.89. The van der Waals surface area contributed by atoms with E-state index in [0.717, 1.165) is 32.1 Å². The molecule has 1 atom stereocenters. The number of aromatic nitrogens is 1. The second-order valence-electron chi connectivity index (χ2n) is 8.61. The number of anilines is 1. The average molecular weight is 476 g/mol. The highest BCUT2D eigenvalue weighted by molar-refractivity contribution is 6.09. The lowest BCUT2D eigenvalue weighted by atomic mass is 9.94. The Morgan fingerprint density at radius 2 is 1.74 bits per heavy atom. The highest BCUT2D eigenvalue weighted by Crippen LogP contribution is 2.32. The minimum Gasteiger partial charge on any atom is -0.494 e. The van der Waals surface area contributed by atoms with Gasteiger partial charge in [-0.15, -0.1) is 0 Å². The van der Waals surface area contributed by atoms with Gasteiger partial charge in [0.25, 0.3) is 5.91 Å². The third-order valence-corrected chi connectivity index (χ3v) is 6.17. The minimum absolute atomic E-state index is 0.0475. The molecule has 1 heterocycles. The predicted octanol–water partition coefficient (Wildman–Crippen LogP) is 5.46. The number of rotatable bonds is 8. The van der Waals surface area contributed by atoms with Crippen molar-refractivity contribution in [3.63, 3.8) is 0 Å². The van der Waals surface area contributed by atoms with E-state index in [2.05, 4.69) is 10.3 Å². The first-order chi connectivity index (χ1) is 17.1. The highest BCUT2D eigenvalue weighted by atomic mass is 19.1. The van der Waals surface area contributed by atoms with Crippen LogP contribution in [0.3, 0.4) is 0 Å². The number of ether oxygens (including phenoxy) is 1. The number of carbonyl (C=O) groups excluding carboxylic acids is 2. The molecule has 0 unspecified atom stereocenters. The Balaban J connectivity index is 1.78. The molecule has 35 heavy (non-hydrogen) atoms. The van der Waals surface area contributed by atoms with Gasteiger partial charge in [0.1, 0.15) is 23.3 Å². The molecule has 2 amide bonds. The van der Waals surface area contributed by atoms with Gasteiger partial charge in [-0.05, 0) is 73.9 Å². The first kappa shape index (κ1) is 24.4. The lowest BCUT2D eigenvalue weighted by molar-refractivity contribution is -0.123. The van der Waals surface area contributed by atoms with E-state index < -0.39 is 17.8 Å². The smallest absolute Gasteiger partial charge is 0.277 e. The van der Waals surface area contributed by atoms with Crippen LogP contribution in [0.4, 0.5) is 10.1 Å². The van der Waals surface area contributed by atoms with Gasteiger partial charge in [0.15, 0.2) is 0 Å². The number of benzene rings is 2. The lowest BCUT2D eigenvalue weighted by Crippen LogP contribution is -2.47. The summed E-state index contributed by atoms with van der Waals surface area (Å²) in [6.45, 7) is 2.41. The molecule has 4 rings (SSSR count). The number of amides is 2. The van der Waals surface area contributed by atoms with Crippen molar-refractivity contribution in [2.45, 2.75) is 51.1 Å². The summed E-state index contributed by atoms with van der Waals surface area (Å²) in [5.41, 5.74) is 1.23. The largest absolute Gasteiger partial charge is 0.494 e. The van der Waals surface area contributed by atoms with Gasteiger partial charge in [0.05, 0.1) is 6.61 Å². The summed E-state index contributed by atoms with van der Waals surface area (Å²) < 4.78 is 19.3. The fraction of sp³-hybridized carbons (Fsp3) is 0.321. The van der Waals surface area contributed by atoms with Gasteiger partial charge in [-0.1, -0.05) is 37.5 Å². The maximum Gasteiger partial charge on any atom is 0.277 e. The molecule has 3 aromatic rings. The zero-order valence-electron chi connectivity index (χ0n) is 19.8. The van der Waals surface area contributed by atoms with E-state index in [0.29, 0.717) is 23.6 Å². The molecule has 0 aliphatic heterocycles. The summed E-state index contributed by atoms with van der Waals surface area (Å²) in [5.74, 6) is -0.486. The monoisotopic (exact) mass is 475 g/mol. The SMILES string of the molecule is CCOc1ccc(N(C(=O)c2ccccn2)[C@H](C(=O)NC2CCCCC2)c2ccc(F)cc2)cc1. The molecule has 0 spiro atoms. The van der Waals surface area contributed by atoms with Crippen molar-refractivity contribution in [3.8, 4) is 5.75 Å². The first-order valence-corrected chi connectivity index (χ1v) is 12.1. The Bertz CT molecular complexity index is 1110. The summed E-state index contributed by atoms with van der Waals surface area (Å²) in [6, 6.07) is 16.8. The van der Waals surface area contributed by atoms with Crippen LogP contribution in [-0.2, 0) is 4.79 Å². The van der Waals surface area contributed by atoms with Crippen LogP contribution in [0.1, 0.15) is 61.1 Å². The molecule has 182 valence electrons. The number of hydrogen-bond donors (Lipinski definition) is 1. The molecule has 7 heteroatoms. The van der Waals surface area contributed by atoms with Gasteiger partial charge in [0, 0.05) is 17.9 Å². The number of hydrogen-bond acceptors (Lipinski definition) is 4. The summed E-state index contributed by atoms with van der Waals surface area (Å²) in [7, 11) is 0. The molecule has 6 nitrogen and oxygen atoms in total. The first-order valence-electron chi connectivity index (χ1n) is 12.1. The van der Waals surface area contributed by atoms with Crippen molar-refractivity contribution in [1.82, 2.24) is 10.3 Å². The third-order valence-electron chi connectivity index (χ3n) is 6.17. The quantitative estimate of drug-likeness (QED) is 0.470. The van der Waals surface area contributed by atoms with Gasteiger partial charge >= 0.3 is 0 Å². The molecule has 2 aromatic carbocycles. The zero-order valence-corrected chi connectivity index (χ0v) is 19.8. The highest BCUT2D eigenvalue weighted by Gasteiger charge is 2.35. The molecule has 1 N–H and O–H groups in total. The van der Waals surface area contributed by atoms with Gasteiger partial charge < -0.3 is 10.1 Å². The summed E-state index contributed by atoms with van der Waals surface area (Å²) in [5, 5.41) is 3.15. The maximum absolute atomic E-state index is 13.8. The number of halogens is 1. The Kier molecular flexibility index (Phi) is 8.08. The molecule has 0 bridgehead atoms. The van der Waals surface area contributed by atoms with Crippen molar-refractivity contribution in [2.75, 3.05) is 11.5 Å². The van der Waals surface area contributed by atoms with Crippen molar-refractivity contribution in [3.05, 3.63) is 90.0 Å². The molecular formula is C28H30FN3O3. The van der Waals surface area contributed by atoms with Gasteiger partial charge in [-0.3, -0.25) is 19.5 Å². The normalized spacial score (nSPS) is 14.7. The topological polar surface area (TPSA) is 71.5 Å². The van der Waals surface area contributed by atoms with Crippen LogP contribution in [0.5, 0.6) is 5.75 Å². The Morgan fingerprint density at radius 1 is 1.03 bits per heavy atom. The Labute approximate surface area is 205 Å². The van der Waals surface area contributed by atoms with E-state index in [1.54, 1.807) is 60.8 Å². The fourth-order valence-corrected chi connectivity index (χ4v) is 4.46. The lowest BCUT2D eigenvalue weighted by Gasteiger charge is -2.33. The van der Waals surface area contributed by atoms with Crippen molar-refractivity contribution >= 4 is 17.5 Å². The van der Waals surface area contributed by atoms with E-state index in [1.165, 1.54) is 17.0 Å². The number of nitrogens with one attached hydrogen (secondary N) is 1. The molecule has 1 aliphatic rings. The number of nitrogens with zero attached hydrogens (tertiary/aromatic N) is 2. The molecule has 1 aromatic heterocycles. The Morgan fingerprint density at radius 3 is 2.37 bits per heavy atom. The summed E-state index contributed by atoms with van der Waals surface area (Å²) in [6.07, 6.45) is 6.62. The summed E-state index contributed by atoms with van der Waals surface area (Å²) in [4.78, 5) is 33.2. The van der Waals surface area contributed by atoms with E-state index in [-0.39, 0.29) is 17.6 Å². The van der Waals surface area contributed by atoms with Crippen LogP contribution < -0.4 is 15.0 Å². The van der Waals surface area contributed by atoms with E-state index >= 15 is 0 Å². The van der Waals surface area contributed by atoms with Crippen LogP contribution in [-0.4, -0.2) is 29.4 Å². The zero-order chi connectivity index (χ0) is 24.6.